The molecule has 0 atom stereocenters. The third-order valence-corrected chi connectivity index (χ3v) is 3.81. The van der Waals surface area contributed by atoms with Crippen molar-refractivity contribution in [3.63, 3.8) is 0 Å². The number of hydrogen-bond acceptors (Lipinski definition) is 3. The third-order valence-electron chi connectivity index (χ3n) is 3.60. The van der Waals surface area contributed by atoms with Crippen molar-refractivity contribution in [1.29, 1.82) is 0 Å². The second kappa shape index (κ2) is 7.41. The van der Waals surface area contributed by atoms with E-state index in [0.717, 1.165) is 17.0 Å². The molecule has 0 fully saturated rings. The summed E-state index contributed by atoms with van der Waals surface area (Å²) in [4.78, 5) is 0. The smallest absolute Gasteiger partial charge is 0.166 e. The van der Waals surface area contributed by atoms with Gasteiger partial charge in [0.25, 0.3) is 0 Å². The molecule has 0 heterocycles. The van der Waals surface area contributed by atoms with Crippen LogP contribution in [-0.4, -0.2) is 13.7 Å². The van der Waals surface area contributed by atoms with Gasteiger partial charge in [-0.1, -0.05) is 17.7 Å². The van der Waals surface area contributed by atoms with E-state index in [1.54, 1.807) is 13.2 Å². The summed E-state index contributed by atoms with van der Waals surface area (Å²) in [6, 6.07) is 10.00. The van der Waals surface area contributed by atoms with E-state index in [2.05, 4.69) is 37.4 Å². The predicted octanol–water partition coefficient (Wildman–Crippen LogP) is 4.98. The minimum absolute atomic E-state index is 0.578. The van der Waals surface area contributed by atoms with E-state index in [1.807, 2.05) is 13.0 Å². The van der Waals surface area contributed by atoms with Crippen molar-refractivity contribution in [3.05, 3.63) is 52.0 Å². The largest absolute Gasteiger partial charge is 0.493 e. The minimum atomic E-state index is 0.578. The zero-order valence-electron chi connectivity index (χ0n) is 13.5. The Balaban J connectivity index is 2.24. The van der Waals surface area contributed by atoms with Crippen molar-refractivity contribution in [1.82, 2.24) is 0 Å². The van der Waals surface area contributed by atoms with Crippen molar-refractivity contribution in [3.8, 4) is 11.5 Å². The van der Waals surface area contributed by atoms with E-state index >= 15 is 0 Å². The Bertz CT molecular complexity index is 656. The molecular formula is C18H22ClNO2. The first kappa shape index (κ1) is 16.5. The van der Waals surface area contributed by atoms with Crippen LogP contribution in [0.25, 0.3) is 0 Å². The molecule has 3 nitrogen and oxygen atoms in total. The molecule has 1 N–H and O–H groups in total. The Kier molecular flexibility index (Phi) is 5.56. The Labute approximate surface area is 137 Å². The summed E-state index contributed by atoms with van der Waals surface area (Å²) in [6.07, 6.45) is 0. The van der Waals surface area contributed by atoms with Gasteiger partial charge in [0.2, 0.25) is 0 Å². The van der Waals surface area contributed by atoms with Crippen LogP contribution in [0, 0.1) is 13.8 Å². The molecule has 22 heavy (non-hydrogen) atoms. The molecule has 0 bridgehead atoms. The zero-order chi connectivity index (χ0) is 16.1. The highest BCUT2D eigenvalue weighted by atomic mass is 35.5. The number of hydrogen-bond donors (Lipinski definition) is 1. The third kappa shape index (κ3) is 3.86. The van der Waals surface area contributed by atoms with Crippen LogP contribution >= 0.6 is 11.6 Å². The molecule has 0 unspecified atom stereocenters. The van der Waals surface area contributed by atoms with E-state index < -0.39 is 0 Å². The number of benzene rings is 2. The molecule has 0 spiro atoms. The maximum absolute atomic E-state index is 6.17. The van der Waals surface area contributed by atoms with Crippen LogP contribution in [0.2, 0.25) is 5.02 Å². The summed E-state index contributed by atoms with van der Waals surface area (Å²) in [7, 11) is 1.62. The van der Waals surface area contributed by atoms with Crippen LogP contribution in [0.1, 0.15) is 23.6 Å². The molecule has 0 saturated heterocycles. The minimum Gasteiger partial charge on any atom is -0.493 e. The van der Waals surface area contributed by atoms with Crippen molar-refractivity contribution in [2.24, 2.45) is 0 Å². The van der Waals surface area contributed by atoms with Crippen LogP contribution in [0.15, 0.2) is 30.3 Å². The molecular weight excluding hydrogens is 298 g/mol. The Hall–Kier alpha value is -1.87. The second-order valence-corrected chi connectivity index (χ2v) is 5.62. The van der Waals surface area contributed by atoms with Gasteiger partial charge in [-0.25, -0.2) is 0 Å². The van der Waals surface area contributed by atoms with Gasteiger partial charge in [-0.05, 0) is 50.1 Å². The van der Waals surface area contributed by atoms with Crippen molar-refractivity contribution >= 4 is 17.3 Å². The molecule has 0 aliphatic rings. The van der Waals surface area contributed by atoms with Gasteiger partial charge in [-0.3, -0.25) is 0 Å². The summed E-state index contributed by atoms with van der Waals surface area (Å²) in [6.45, 7) is 7.36. The monoisotopic (exact) mass is 319 g/mol. The van der Waals surface area contributed by atoms with Crippen LogP contribution in [0.5, 0.6) is 11.5 Å². The van der Waals surface area contributed by atoms with Crippen LogP contribution in [-0.2, 0) is 6.54 Å². The molecule has 118 valence electrons. The van der Waals surface area contributed by atoms with Crippen LogP contribution < -0.4 is 14.8 Å². The number of rotatable bonds is 6. The lowest BCUT2D eigenvalue weighted by Crippen LogP contribution is -2.05. The molecule has 4 heteroatoms. The average molecular weight is 320 g/mol. The van der Waals surface area contributed by atoms with Gasteiger partial charge in [0, 0.05) is 28.9 Å². The summed E-state index contributed by atoms with van der Waals surface area (Å²) < 4.78 is 11.1. The fourth-order valence-electron chi connectivity index (χ4n) is 2.26. The normalized spacial score (nSPS) is 10.4. The summed E-state index contributed by atoms with van der Waals surface area (Å²) in [5, 5.41) is 4.05. The Morgan fingerprint density at radius 3 is 2.50 bits per heavy atom. The van der Waals surface area contributed by atoms with Crippen molar-refractivity contribution in [2.45, 2.75) is 27.3 Å². The second-order valence-electron chi connectivity index (χ2n) is 5.18. The number of nitrogens with one attached hydrogen (secondary N) is 1. The highest BCUT2D eigenvalue weighted by Gasteiger charge is 2.12. The molecule has 0 saturated carbocycles. The summed E-state index contributed by atoms with van der Waals surface area (Å²) >= 11 is 6.17. The van der Waals surface area contributed by atoms with E-state index in [1.165, 1.54) is 11.1 Å². The maximum atomic E-state index is 6.17. The van der Waals surface area contributed by atoms with Gasteiger partial charge in [0.15, 0.2) is 11.5 Å². The molecule has 2 rings (SSSR count). The quantitative estimate of drug-likeness (QED) is 0.814. The predicted molar refractivity (Wildman–Crippen MR) is 92.4 cm³/mol. The molecule has 0 radical (unpaired) electrons. The molecule has 0 aliphatic heterocycles. The standard InChI is InChI=1S/C18H22ClNO2/c1-5-22-18-14(9-15(19)10-17(18)21-4)11-20-16-7-6-12(2)13(3)8-16/h6-10,20H,5,11H2,1-4H3. The first-order valence-corrected chi connectivity index (χ1v) is 7.73. The topological polar surface area (TPSA) is 30.5 Å². The Morgan fingerprint density at radius 1 is 1.09 bits per heavy atom. The number of anilines is 1. The van der Waals surface area contributed by atoms with E-state index in [0.29, 0.717) is 23.9 Å². The van der Waals surface area contributed by atoms with Crippen molar-refractivity contribution in [2.75, 3.05) is 19.0 Å². The van der Waals surface area contributed by atoms with E-state index in [9.17, 15) is 0 Å². The lowest BCUT2D eigenvalue weighted by atomic mass is 10.1. The SMILES string of the molecule is CCOc1c(CNc2ccc(C)c(C)c2)cc(Cl)cc1OC. The van der Waals surface area contributed by atoms with Gasteiger partial charge in [0.1, 0.15) is 0 Å². The molecule has 2 aromatic rings. The molecule has 2 aromatic carbocycles. The number of halogens is 1. The lowest BCUT2D eigenvalue weighted by Gasteiger charge is -2.16. The average Bonchev–Trinajstić information content (AvgIpc) is 2.50. The number of ether oxygens (including phenoxy) is 2. The van der Waals surface area contributed by atoms with Gasteiger partial charge >= 0.3 is 0 Å². The fraction of sp³-hybridized carbons (Fsp3) is 0.333. The summed E-state index contributed by atoms with van der Waals surface area (Å²) in [5.74, 6) is 1.40. The lowest BCUT2D eigenvalue weighted by molar-refractivity contribution is 0.308. The van der Waals surface area contributed by atoms with E-state index in [-0.39, 0.29) is 0 Å². The molecule has 0 aromatic heterocycles. The number of aryl methyl sites for hydroxylation is 2. The molecule has 0 aliphatic carbocycles. The first-order chi connectivity index (χ1) is 10.5. The first-order valence-electron chi connectivity index (χ1n) is 7.35. The highest BCUT2D eigenvalue weighted by Crippen LogP contribution is 2.35. The van der Waals surface area contributed by atoms with Crippen molar-refractivity contribution < 1.29 is 9.47 Å². The van der Waals surface area contributed by atoms with Gasteiger partial charge in [-0.2, -0.15) is 0 Å². The van der Waals surface area contributed by atoms with E-state index in [4.69, 9.17) is 21.1 Å². The summed E-state index contributed by atoms with van der Waals surface area (Å²) in [5.41, 5.74) is 4.60. The maximum Gasteiger partial charge on any atom is 0.166 e. The van der Waals surface area contributed by atoms with Crippen LogP contribution in [0.4, 0.5) is 5.69 Å². The number of methoxy groups -OCH3 is 1. The van der Waals surface area contributed by atoms with Gasteiger partial charge in [0.05, 0.1) is 13.7 Å². The fourth-order valence-corrected chi connectivity index (χ4v) is 2.49. The zero-order valence-corrected chi connectivity index (χ0v) is 14.3. The molecule has 0 amide bonds. The Morgan fingerprint density at radius 2 is 1.86 bits per heavy atom. The van der Waals surface area contributed by atoms with Gasteiger partial charge < -0.3 is 14.8 Å². The van der Waals surface area contributed by atoms with Gasteiger partial charge in [-0.15, -0.1) is 0 Å². The van der Waals surface area contributed by atoms with Crippen LogP contribution in [0.3, 0.4) is 0 Å². The highest BCUT2D eigenvalue weighted by molar-refractivity contribution is 6.30.